The molecule has 7 nitrogen and oxygen atoms in total. The molecule has 0 aliphatic rings. The van der Waals surface area contributed by atoms with Gasteiger partial charge in [0.05, 0.1) is 22.4 Å². The second kappa shape index (κ2) is 9.96. The van der Waals surface area contributed by atoms with Crippen LogP contribution in [-0.2, 0) is 10.9 Å². The molecule has 0 saturated heterocycles. The third-order valence-electron chi connectivity index (χ3n) is 5.59. The van der Waals surface area contributed by atoms with Gasteiger partial charge in [-0.15, -0.1) is 0 Å². The quantitative estimate of drug-likeness (QED) is 0.395. The lowest BCUT2D eigenvalue weighted by Crippen LogP contribution is -2.23. The fraction of sp³-hybridized carbons (Fsp3) is 0.292. The van der Waals surface area contributed by atoms with Crippen LogP contribution >= 0.6 is 0 Å². The molecular formula is C24H22F5N3O4. The maximum Gasteiger partial charge on any atom is 0.418 e. The lowest BCUT2D eigenvalue weighted by Gasteiger charge is -2.20. The van der Waals surface area contributed by atoms with E-state index in [9.17, 15) is 31.5 Å². The Morgan fingerprint density at radius 3 is 2.39 bits per heavy atom. The summed E-state index contributed by atoms with van der Waals surface area (Å²) in [7, 11) is 0. The summed E-state index contributed by atoms with van der Waals surface area (Å²) >= 11 is 0. The van der Waals surface area contributed by atoms with Gasteiger partial charge in [-0.05, 0) is 44.9 Å². The number of aromatic amines is 1. The van der Waals surface area contributed by atoms with Gasteiger partial charge in [-0.2, -0.15) is 13.2 Å². The molecule has 2 heterocycles. The summed E-state index contributed by atoms with van der Waals surface area (Å²) in [6.07, 6.45) is -6.10. The van der Waals surface area contributed by atoms with E-state index in [0.29, 0.717) is 6.20 Å². The van der Waals surface area contributed by atoms with E-state index in [1.165, 1.54) is 13.8 Å². The summed E-state index contributed by atoms with van der Waals surface area (Å²) in [5.41, 5.74) is 2.77. The first-order valence-electron chi connectivity index (χ1n) is 10.7. The number of ether oxygens (including phenoxy) is 2. The minimum Gasteiger partial charge on any atom is -0.441 e. The van der Waals surface area contributed by atoms with Crippen LogP contribution in [0.5, 0.6) is 11.6 Å². The molecule has 0 bridgehead atoms. The number of pyridine rings is 2. The number of hydrogen-bond donors (Lipinski definition) is 2. The first-order chi connectivity index (χ1) is 16.8. The fourth-order valence-corrected chi connectivity index (χ4v) is 3.83. The van der Waals surface area contributed by atoms with Crippen LogP contribution < -0.4 is 15.9 Å². The van der Waals surface area contributed by atoms with Gasteiger partial charge in [-0.1, -0.05) is 6.92 Å². The molecule has 2 aromatic heterocycles. The van der Waals surface area contributed by atoms with Crippen LogP contribution in [0.3, 0.4) is 0 Å². The van der Waals surface area contributed by atoms with Crippen molar-refractivity contribution in [1.29, 1.82) is 0 Å². The van der Waals surface area contributed by atoms with Gasteiger partial charge in [-0.3, -0.25) is 4.79 Å². The van der Waals surface area contributed by atoms with Gasteiger partial charge in [0.1, 0.15) is 11.9 Å². The Bertz CT molecular complexity index is 1390. The van der Waals surface area contributed by atoms with Crippen molar-refractivity contribution in [2.24, 2.45) is 5.73 Å². The van der Waals surface area contributed by atoms with E-state index in [4.69, 9.17) is 15.2 Å². The van der Waals surface area contributed by atoms with Crippen LogP contribution in [-0.4, -0.2) is 16.1 Å². The van der Waals surface area contributed by atoms with Crippen molar-refractivity contribution in [2.45, 2.75) is 46.4 Å². The Morgan fingerprint density at radius 1 is 1.17 bits per heavy atom. The summed E-state index contributed by atoms with van der Waals surface area (Å²) in [6, 6.07) is 2.93. The summed E-state index contributed by atoms with van der Waals surface area (Å²) < 4.78 is 79.2. The molecule has 36 heavy (non-hydrogen) atoms. The Kier molecular flexibility index (Phi) is 7.37. The molecule has 12 heteroatoms. The van der Waals surface area contributed by atoms with Crippen molar-refractivity contribution in [3.63, 3.8) is 0 Å². The number of rotatable bonds is 6. The Labute approximate surface area is 202 Å². The van der Waals surface area contributed by atoms with Gasteiger partial charge in [0.25, 0.3) is 0 Å². The van der Waals surface area contributed by atoms with Crippen LogP contribution in [0.1, 0.15) is 47.4 Å². The first kappa shape index (κ1) is 26.6. The van der Waals surface area contributed by atoms with Crippen molar-refractivity contribution in [2.75, 3.05) is 0 Å². The number of amides is 1. The number of nitrogens with two attached hydrogens (primary N) is 1. The van der Waals surface area contributed by atoms with Crippen LogP contribution in [0.15, 0.2) is 29.2 Å². The van der Waals surface area contributed by atoms with Crippen molar-refractivity contribution >= 4 is 6.09 Å². The molecule has 192 valence electrons. The number of carbonyl (C=O) groups excluding carboxylic acids is 1. The van der Waals surface area contributed by atoms with Gasteiger partial charge in [0.15, 0.2) is 17.1 Å². The van der Waals surface area contributed by atoms with E-state index in [0.717, 1.165) is 25.1 Å². The molecule has 0 unspecified atom stereocenters. The number of nitrogens with zero attached hydrogens (tertiary/aromatic N) is 1. The zero-order valence-electron chi connectivity index (χ0n) is 19.6. The van der Waals surface area contributed by atoms with Crippen molar-refractivity contribution < 1.29 is 36.2 Å². The van der Waals surface area contributed by atoms with Crippen LogP contribution in [0.4, 0.5) is 26.7 Å². The summed E-state index contributed by atoms with van der Waals surface area (Å²) in [5.74, 6) is -2.88. The normalized spacial score (nSPS) is 12.4. The smallest absolute Gasteiger partial charge is 0.418 e. The van der Waals surface area contributed by atoms with Gasteiger partial charge < -0.3 is 20.2 Å². The average molecular weight is 511 g/mol. The highest BCUT2D eigenvalue weighted by Crippen LogP contribution is 2.41. The summed E-state index contributed by atoms with van der Waals surface area (Å²) in [5, 5.41) is 0. The first-order valence-corrected chi connectivity index (χ1v) is 10.7. The highest BCUT2D eigenvalue weighted by molar-refractivity contribution is 5.71. The van der Waals surface area contributed by atoms with E-state index in [2.05, 4.69) is 9.97 Å². The summed E-state index contributed by atoms with van der Waals surface area (Å²) in [4.78, 5) is 30.8. The third-order valence-corrected chi connectivity index (χ3v) is 5.59. The Hall–Kier alpha value is -3.96. The number of carbonyl (C=O) groups is 1. The molecule has 0 aliphatic carbocycles. The summed E-state index contributed by atoms with van der Waals surface area (Å²) in [6.45, 7) is 5.52. The fourth-order valence-electron chi connectivity index (χ4n) is 3.83. The highest BCUT2D eigenvalue weighted by Gasteiger charge is 2.35. The number of nitrogens with one attached hydrogen (secondary N) is 1. The number of alkyl halides is 3. The minimum absolute atomic E-state index is 0.0663. The van der Waals surface area contributed by atoms with Crippen LogP contribution in [0, 0.1) is 32.4 Å². The number of aryl methyl sites for hydroxylation is 1. The molecule has 0 radical (unpaired) electrons. The standard InChI is InChI=1S/C24H22F5N3O4/c1-5-17(36-23(30)34)20-12(4)32-15(8-16(20)33)19-10(2)13(24(27,28)29)9-31-22(19)35-18-7-6-14(25)21(26)11(18)3/h6-9,17H,5H2,1-4H3,(H2,30,34)(H,32,33)/t17-/m1/s1. The number of H-pyrrole nitrogens is 1. The highest BCUT2D eigenvalue weighted by atomic mass is 19.4. The zero-order valence-corrected chi connectivity index (χ0v) is 19.6. The van der Waals surface area contributed by atoms with Gasteiger partial charge in [0.2, 0.25) is 5.88 Å². The Balaban J connectivity index is 2.25. The monoisotopic (exact) mass is 511 g/mol. The number of benzene rings is 1. The number of primary amides is 1. The van der Waals surface area contributed by atoms with Crippen LogP contribution in [0.2, 0.25) is 0 Å². The predicted molar refractivity (Wildman–Crippen MR) is 120 cm³/mol. The molecule has 3 rings (SSSR count). The largest absolute Gasteiger partial charge is 0.441 e. The molecule has 0 aliphatic heterocycles. The molecule has 0 saturated carbocycles. The lowest BCUT2D eigenvalue weighted by molar-refractivity contribution is -0.138. The lowest BCUT2D eigenvalue weighted by atomic mass is 9.99. The molecule has 0 spiro atoms. The van der Waals surface area contributed by atoms with Crippen LogP contribution in [0.25, 0.3) is 11.3 Å². The SMILES string of the molecule is CC[C@@H](OC(N)=O)c1c(C)[nH]c(-c2c(Oc3ccc(F)c(F)c3C)ncc(C(F)(F)F)c2C)cc1=O. The van der Waals surface area contributed by atoms with Crippen molar-refractivity contribution in [3.05, 3.63) is 74.2 Å². The molecule has 3 N–H and O–H groups in total. The minimum atomic E-state index is -4.78. The molecule has 0 fully saturated rings. The molecule has 1 atom stereocenters. The number of hydrogen-bond acceptors (Lipinski definition) is 5. The van der Waals surface area contributed by atoms with E-state index in [-0.39, 0.29) is 51.7 Å². The number of aromatic nitrogens is 2. The van der Waals surface area contributed by atoms with E-state index < -0.39 is 41.0 Å². The molecule has 1 amide bonds. The second-order valence-corrected chi connectivity index (χ2v) is 7.98. The Morgan fingerprint density at radius 2 is 1.83 bits per heavy atom. The predicted octanol–water partition coefficient (Wildman–Crippen LogP) is 6.00. The average Bonchev–Trinajstić information content (AvgIpc) is 2.77. The topological polar surface area (TPSA) is 107 Å². The second-order valence-electron chi connectivity index (χ2n) is 7.98. The van der Waals surface area contributed by atoms with E-state index in [1.54, 1.807) is 6.92 Å². The molecule has 1 aromatic carbocycles. The number of halogens is 5. The molecule has 3 aromatic rings. The van der Waals surface area contributed by atoms with Gasteiger partial charge in [-0.25, -0.2) is 18.6 Å². The maximum atomic E-state index is 14.1. The van der Waals surface area contributed by atoms with Crippen molar-refractivity contribution in [3.8, 4) is 22.9 Å². The zero-order chi connectivity index (χ0) is 26.9. The van der Waals surface area contributed by atoms with E-state index >= 15 is 0 Å². The van der Waals surface area contributed by atoms with E-state index in [1.807, 2.05) is 0 Å². The molecular weight excluding hydrogens is 489 g/mol. The van der Waals surface area contributed by atoms with Crippen molar-refractivity contribution in [1.82, 2.24) is 9.97 Å². The van der Waals surface area contributed by atoms with Gasteiger partial charge in [0, 0.05) is 23.5 Å². The van der Waals surface area contributed by atoms with Gasteiger partial charge >= 0.3 is 12.3 Å². The third kappa shape index (κ3) is 5.16. The maximum absolute atomic E-state index is 14.1.